The third kappa shape index (κ3) is 3.79. The lowest BCUT2D eigenvalue weighted by atomic mass is 10.0. The zero-order valence-electron chi connectivity index (χ0n) is 15.1. The number of carbonyl (C=O) groups excluding carboxylic acids is 1. The van der Waals surface area contributed by atoms with Crippen molar-refractivity contribution in [2.24, 2.45) is 0 Å². The van der Waals surface area contributed by atoms with Crippen molar-refractivity contribution in [3.8, 4) is 10.6 Å². The van der Waals surface area contributed by atoms with Crippen molar-refractivity contribution in [2.45, 2.75) is 25.3 Å². The molecule has 0 saturated carbocycles. The summed E-state index contributed by atoms with van der Waals surface area (Å²) in [4.78, 5) is 30.7. The van der Waals surface area contributed by atoms with E-state index in [0.717, 1.165) is 17.0 Å². The summed E-state index contributed by atoms with van der Waals surface area (Å²) in [5.41, 5.74) is 3.49. The number of aryl methyl sites for hydroxylation is 1. The summed E-state index contributed by atoms with van der Waals surface area (Å²) in [6.45, 7) is 1.25. The summed E-state index contributed by atoms with van der Waals surface area (Å²) in [6, 6.07) is 6.92. The normalized spacial score (nSPS) is 16.4. The first-order valence-corrected chi connectivity index (χ1v) is 9.89. The Kier molecular flexibility index (Phi) is 5.16. The van der Waals surface area contributed by atoms with Crippen LogP contribution in [0.1, 0.15) is 34.8 Å². The lowest BCUT2D eigenvalue weighted by Crippen LogP contribution is -2.29. The van der Waals surface area contributed by atoms with E-state index in [2.05, 4.69) is 15.3 Å². The predicted molar refractivity (Wildman–Crippen MR) is 103 cm³/mol. The van der Waals surface area contributed by atoms with Crippen molar-refractivity contribution in [1.82, 2.24) is 24.9 Å². The number of hydrogen-bond donors (Lipinski definition) is 1. The molecule has 1 unspecified atom stereocenters. The number of aromatic carboxylic acids is 1. The summed E-state index contributed by atoms with van der Waals surface area (Å²) in [7, 11) is 0. The van der Waals surface area contributed by atoms with Crippen molar-refractivity contribution in [3.63, 3.8) is 0 Å². The number of carboxylic acid groups (broad SMARTS) is 1. The van der Waals surface area contributed by atoms with E-state index >= 15 is 0 Å². The molecule has 1 aliphatic heterocycles. The van der Waals surface area contributed by atoms with Gasteiger partial charge in [-0.05, 0) is 24.5 Å². The first-order chi connectivity index (χ1) is 13.6. The van der Waals surface area contributed by atoms with Gasteiger partial charge in [-0.3, -0.25) is 9.78 Å². The molecule has 4 rings (SSSR count). The third-order valence-corrected chi connectivity index (χ3v) is 5.74. The first-order valence-electron chi connectivity index (χ1n) is 9.01. The summed E-state index contributed by atoms with van der Waals surface area (Å²) in [5.74, 6) is -0.933. The molecule has 1 aromatic carbocycles. The van der Waals surface area contributed by atoms with Crippen molar-refractivity contribution < 1.29 is 14.7 Å². The Labute approximate surface area is 165 Å². The molecule has 2 aromatic heterocycles. The second-order valence-corrected chi connectivity index (χ2v) is 7.58. The summed E-state index contributed by atoms with van der Waals surface area (Å²) >= 11 is 1.51. The van der Waals surface area contributed by atoms with E-state index in [-0.39, 0.29) is 17.5 Å². The highest BCUT2D eigenvalue weighted by molar-refractivity contribution is 7.13. The van der Waals surface area contributed by atoms with Crippen molar-refractivity contribution in [1.29, 1.82) is 0 Å². The average Bonchev–Trinajstić information content (AvgIpc) is 3.46. The average molecular weight is 397 g/mol. The van der Waals surface area contributed by atoms with Crippen LogP contribution >= 0.6 is 11.3 Å². The molecule has 1 amide bonds. The number of benzene rings is 1. The van der Waals surface area contributed by atoms with Gasteiger partial charge >= 0.3 is 5.97 Å². The van der Waals surface area contributed by atoms with Gasteiger partial charge in [-0.15, -0.1) is 16.4 Å². The predicted octanol–water partition coefficient (Wildman–Crippen LogP) is 2.51. The molecular weight excluding hydrogens is 378 g/mol. The maximum atomic E-state index is 12.6. The molecule has 1 aliphatic rings. The molecule has 28 heavy (non-hydrogen) atoms. The van der Waals surface area contributed by atoms with Crippen LogP contribution in [0.3, 0.4) is 0 Å². The number of rotatable bonds is 6. The van der Waals surface area contributed by atoms with Gasteiger partial charge < -0.3 is 10.0 Å². The van der Waals surface area contributed by atoms with E-state index < -0.39 is 5.97 Å². The van der Waals surface area contributed by atoms with Gasteiger partial charge in [0.15, 0.2) is 0 Å². The summed E-state index contributed by atoms with van der Waals surface area (Å²) < 4.78 is 1.82. The van der Waals surface area contributed by atoms with Crippen molar-refractivity contribution >= 4 is 23.2 Å². The summed E-state index contributed by atoms with van der Waals surface area (Å²) in [6.07, 6.45) is 5.19. The van der Waals surface area contributed by atoms with Crippen molar-refractivity contribution in [2.75, 3.05) is 13.1 Å². The van der Waals surface area contributed by atoms with Gasteiger partial charge in [0.1, 0.15) is 5.69 Å². The number of nitrogens with zero attached hydrogens (tertiary/aromatic N) is 5. The number of carboxylic acids is 1. The van der Waals surface area contributed by atoms with Crippen LogP contribution in [0.4, 0.5) is 0 Å². The van der Waals surface area contributed by atoms with E-state index in [0.29, 0.717) is 31.5 Å². The molecule has 1 atom stereocenters. The molecule has 0 spiro atoms. The van der Waals surface area contributed by atoms with Crippen LogP contribution in [0.5, 0.6) is 0 Å². The molecule has 3 aromatic rings. The van der Waals surface area contributed by atoms with Gasteiger partial charge in [0.2, 0.25) is 5.91 Å². The van der Waals surface area contributed by atoms with Crippen LogP contribution < -0.4 is 0 Å². The minimum absolute atomic E-state index is 0.0329. The maximum absolute atomic E-state index is 12.6. The smallest absolute Gasteiger partial charge is 0.335 e. The number of likely N-dealkylation sites (tertiary alicyclic amines) is 1. The van der Waals surface area contributed by atoms with Crippen LogP contribution in [0.2, 0.25) is 0 Å². The van der Waals surface area contributed by atoms with Gasteiger partial charge in [0, 0.05) is 25.7 Å². The largest absolute Gasteiger partial charge is 0.478 e. The Balaban J connectivity index is 1.35. The molecule has 1 fully saturated rings. The van der Waals surface area contributed by atoms with E-state index in [1.54, 1.807) is 36.0 Å². The number of carbonyl (C=O) groups is 2. The SMILES string of the molecule is O=C(O)c1ccccc1CCC(=O)N1CCC(n2cc(-c3cncs3)nn2)C1. The maximum Gasteiger partial charge on any atom is 0.335 e. The highest BCUT2D eigenvalue weighted by atomic mass is 32.1. The minimum atomic E-state index is -0.966. The molecule has 144 valence electrons. The van der Waals surface area contributed by atoms with Crippen molar-refractivity contribution in [3.05, 3.63) is 53.3 Å². The molecule has 8 nitrogen and oxygen atoms in total. The van der Waals surface area contributed by atoms with Crippen LogP contribution in [0, 0.1) is 0 Å². The Morgan fingerprint density at radius 1 is 1.29 bits per heavy atom. The molecule has 0 bridgehead atoms. The lowest BCUT2D eigenvalue weighted by Gasteiger charge is -2.16. The van der Waals surface area contributed by atoms with E-state index in [1.165, 1.54) is 11.3 Å². The third-order valence-electron chi connectivity index (χ3n) is 4.94. The molecule has 1 saturated heterocycles. The molecule has 9 heteroatoms. The Morgan fingerprint density at radius 2 is 2.14 bits per heavy atom. The van der Waals surface area contributed by atoms with Gasteiger partial charge in [0.05, 0.1) is 28.2 Å². The van der Waals surface area contributed by atoms with Crippen LogP contribution in [-0.4, -0.2) is 55.0 Å². The Hall–Kier alpha value is -3.07. The fourth-order valence-corrected chi connectivity index (χ4v) is 4.01. The monoisotopic (exact) mass is 397 g/mol. The fraction of sp³-hybridized carbons (Fsp3) is 0.316. The zero-order valence-corrected chi connectivity index (χ0v) is 15.9. The highest BCUT2D eigenvalue weighted by Gasteiger charge is 2.28. The minimum Gasteiger partial charge on any atom is -0.478 e. The second kappa shape index (κ2) is 7.89. The number of amides is 1. The zero-order chi connectivity index (χ0) is 19.5. The Bertz CT molecular complexity index is 985. The molecular formula is C19H19N5O3S. The number of hydrogen-bond acceptors (Lipinski definition) is 6. The summed E-state index contributed by atoms with van der Waals surface area (Å²) in [5, 5.41) is 17.7. The van der Waals surface area contributed by atoms with E-state index in [9.17, 15) is 14.7 Å². The molecule has 0 radical (unpaired) electrons. The van der Waals surface area contributed by atoms with Gasteiger partial charge in [-0.25, -0.2) is 9.48 Å². The fourth-order valence-electron chi connectivity index (χ4n) is 3.44. The number of thiazole rings is 1. The van der Waals surface area contributed by atoms with E-state index in [1.807, 2.05) is 15.8 Å². The highest BCUT2D eigenvalue weighted by Crippen LogP contribution is 2.25. The van der Waals surface area contributed by atoms with Crippen LogP contribution in [0.25, 0.3) is 10.6 Å². The quantitative estimate of drug-likeness (QED) is 0.686. The molecule has 0 aliphatic carbocycles. The van der Waals surface area contributed by atoms with E-state index in [4.69, 9.17) is 0 Å². The standard InChI is InChI=1S/C19H19N5O3S/c25-18(6-5-13-3-1-2-4-15(13)19(26)27)23-8-7-14(10-23)24-11-16(21-22-24)17-9-20-12-28-17/h1-4,9,11-12,14H,5-8,10H2,(H,26,27). The molecule has 3 heterocycles. The van der Waals surface area contributed by atoms with Gasteiger partial charge in [-0.1, -0.05) is 23.4 Å². The van der Waals surface area contributed by atoms with Crippen LogP contribution in [0.15, 0.2) is 42.2 Å². The number of aromatic nitrogens is 4. The first kappa shape index (κ1) is 18.3. The lowest BCUT2D eigenvalue weighted by molar-refractivity contribution is -0.130. The van der Waals surface area contributed by atoms with Gasteiger partial charge in [0.25, 0.3) is 0 Å². The van der Waals surface area contributed by atoms with Gasteiger partial charge in [-0.2, -0.15) is 0 Å². The van der Waals surface area contributed by atoms with Crippen LogP contribution in [-0.2, 0) is 11.2 Å². The topological polar surface area (TPSA) is 101 Å². The Morgan fingerprint density at radius 3 is 2.93 bits per heavy atom. The second-order valence-electron chi connectivity index (χ2n) is 6.69. The molecule has 1 N–H and O–H groups in total.